The second-order valence-electron chi connectivity index (χ2n) is 7.07. The number of anilines is 1. The molecule has 5 heteroatoms. The predicted molar refractivity (Wildman–Crippen MR) is 109 cm³/mol. The largest absolute Gasteiger partial charge is 0.321 e. The molecule has 1 amide bonds. The number of aromatic nitrogens is 1. The van der Waals surface area contributed by atoms with E-state index in [1.54, 1.807) is 10.8 Å². The van der Waals surface area contributed by atoms with E-state index >= 15 is 0 Å². The number of rotatable bonds is 4. The number of nitrogens with zero attached hydrogens (tertiary/aromatic N) is 1. The monoisotopic (exact) mass is 416 g/mol. The minimum Gasteiger partial charge on any atom is -0.321 e. The third kappa shape index (κ3) is 4.44. The molecule has 1 fully saturated rings. The van der Waals surface area contributed by atoms with Crippen LogP contribution in [-0.4, -0.2) is 10.5 Å². The number of benzene rings is 1. The first-order chi connectivity index (χ1) is 12.6. The van der Waals surface area contributed by atoms with E-state index in [2.05, 4.69) is 21.2 Å². The van der Waals surface area contributed by atoms with E-state index in [0.29, 0.717) is 12.2 Å². The summed E-state index contributed by atoms with van der Waals surface area (Å²) in [7, 11) is 0. The highest BCUT2D eigenvalue weighted by Gasteiger charge is 2.22. The van der Waals surface area contributed by atoms with Gasteiger partial charge in [0.25, 0.3) is 5.56 Å². The fraction of sp³-hybridized carbons (Fsp3) is 0.429. The molecule has 3 rings (SSSR count). The van der Waals surface area contributed by atoms with Crippen molar-refractivity contribution in [2.45, 2.75) is 52.0 Å². The number of pyridine rings is 1. The van der Waals surface area contributed by atoms with Crippen LogP contribution in [0.2, 0.25) is 0 Å². The molecule has 0 bridgehead atoms. The maximum absolute atomic E-state index is 13.0. The number of hydrogen-bond donors (Lipinski definition) is 1. The molecule has 0 saturated heterocycles. The molecule has 1 heterocycles. The molecule has 0 unspecified atom stereocenters. The minimum atomic E-state index is -0.156. The van der Waals surface area contributed by atoms with Crippen molar-refractivity contribution in [3.05, 3.63) is 62.5 Å². The zero-order chi connectivity index (χ0) is 18.5. The van der Waals surface area contributed by atoms with E-state index in [-0.39, 0.29) is 17.4 Å². The van der Waals surface area contributed by atoms with E-state index in [9.17, 15) is 9.59 Å². The van der Waals surface area contributed by atoms with Crippen molar-refractivity contribution in [1.82, 2.24) is 4.57 Å². The van der Waals surface area contributed by atoms with E-state index in [1.165, 1.54) is 12.8 Å². The summed E-state index contributed by atoms with van der Waals surface area (Å²) in [4.78, 5) is 25.7. The van der Waals surface area contributed by atoms with Crippen molar-refractivity contribution in [3.8, 4) is 0 Å². The Morgan fingerprint density at radius 1 is 1.15 bits per heavy atom. The van der Waals surface area contributed by atoms with E-state index in [1.807, 2.05) is 37.3 Å². The number of nitrogens with one attached hydrogen (secondary N) is 1. The lowest BCUT2D eigenvalue weighted by Crippen LogP contribution is -2.30. The molecule has 1 aromatic carbocycles. The first-order valence-corrected chi connectivity index (χ1v) is 10.1. The molecule has 1 aromatic heterocycles. The SMILES string of the molecule is Cc1c(Br)cn(Cc2ccccc2)c(=O)c1NC(=O)C1CCCCCC1. The Morgan fingerprint density at radius 3 is 2.46 bits per heavy atom. The van der Waals surface area contributed by atoms with Gasteiger partial charge in [0, 0.05) is 16.6 Å². The average molecular weight is 417 g/mol. The number of hydrogen-bond acceptors (Lipinski definition) is 2. The van der Waals surface area contributed by atoms with Crippen molar-refractivity contribution in [1.29, 1.82) is 0 Å². The van der Waals surface area contributed by atoms with Gasteiger partial charge in [-0.05, 0) is 46.8 Å². The van der Waals surface area contributed by atoms with Crippen LogP contribution in [0.15, 0.2) is 45.8 Å². The third-order valence-corrected chi connectivity index (χ3v) is 5.95. The Balaban J connectivity index is 1.86. The lowest BCUT2D eigenvalue weighted by molar-refractivity contribution is -0.120. The Morgan fingerprint density at radius 2 is 1.81 bits per heavy atom. The molecule has 4 nitrogen and oxygen atoms in total. The molecular formula is C21H25BrN2O2. The molecule has 0 radical (unpaired) electrons. The quantitative estimate of drug-likeness (QED) is 0.722. The first-order valence-electron chi connectivity index (χ1n) is 9.30. The van der Waals surface area contributed by atoms with E-state index < -0.39 is 0 Å². The van der Waals surface area contributed by atoms with Crippen LogP contribution in [0, 0.1) is 12.8 Å². The van der Waals surface area contributed by atoms with Crippen molar-refractivity contribution < 1.29 is 4.79 Å². The summed E-state index contributed by atoms with van der Waals surface area (Å²) < 4.78 is 2.47. The molecule has 1 N–H and O–H groups in total. The Hall–Kier alpha value is -1.88. The van der Waals surface area contributed by atoms with Crippen LogP contribution in [0.4, 0.5) is 5.69 Å². The van der Waals surface area contributed by atoms with E-state index in [4.69, 9.17) is 0 Å². The summed E-state index contributed by atoms with van der Waals surface area (Å²) in [5.74, 6) is -0.00526. The van der Waals surface area contributed by atoms with Gasteiger partial charge in [0.05, 0.1) is 6.54 Å². The van der Waals surface area contributed by atoms with Gasteiger partial charge < -0.3 is 9.88 Å². The molecule has 0 aliphatic heterocycles. The van der Waals surface area contributed by atoms with Gasteiger partial charge in [0.2, 0.25) is 5.91 Å². The van der Waals surface area contributed by atoms with Gasteiger partial charge in [0.1, 0.15) is 5.69 Å². The van der Waals surface area contributed by atoms with Crippen LogP contribution >= 0.6 is 15.9 Å². The maximum Gasteiger partial charge on any atom is 0.274 e. The standard InChI is InChI=1S/C21H25BrN2O2/c1-15-18(22)14-24(13-16-9-5-4-6-10-16)21(26)19(15)23-20(25)17-11-7-2-3-8-12-17/h4-6,9-10,14,17H,2-3,7-8,11-13H2,1H3,(H,23,25). The molecule has 2 aromatic rings. The third-order valence-electron chi connectivity index (χ3n) is 5.15. The summed E-state index contributed by atoms with van der Waals surface area (Å²) >= 11 is 3.53. The van der Waals surface area contributed by atoms with Crippen LogP contribution < -0.4 is 10.9 Å². The fourth-order valence-electron chi connectivity index (χ4n) is 3.53. The van der Waals surface area contributed by atoms with Crippen LogP contribution in [-0.2, 0) is 11.3 Å². The topological polar surface area (TPSA) is 51.1 Å². The van der Waals surface area contributed by atoms with Gasteiger partial charge in [0.15, 0.2) is 0 Å². The van der Waals surface area contributed by atoms with Gasteiger partial charge in [-0.15, -0.1) is 0 Å². The van der Waals surface area contributed by atoms with Crippen LogP contribution in [0.3, 0.4) is 0 Å². The Labute approximate surface area is 162 Å². The minimum absolute atomic E-state index is 0.0119. The first kappa shape index (κ1) is 18.9. The Kier molecular flexibility index (Phi) is 6.30. The Bertz CT molecular complexity index is 822. The van der Waals surface area contributed by atoms with Crippen LogP contribution in [0.25, 0.3) is 0 Å². The van der Waals surface area contributed by atoms with Gasteiger partial charge in [-0.2, -0.15) is 0 Å². The molecule has 0 spiro atoms. The summed E-state index contributed by atoms with van der Waals surface area (Å²) in [6.45, 7) is 2.34. The second kappa shape index (κ2) is 8.67. The molecule has 1 saturated carbocycles. The van der Waals surface area contributed by atoms with Crippen LogP contribution in [0.5, 0.6) is 0 Å². The molecule has 1 aliphatic rings. The predicted octanol–water partition coefficient (Wildman–Crippen LogP) is 4.88. The average Bonchev–Trinajstić information content (AvgIpc) is 2.93. The van der Waals surface area contributed by atoms with Crippen molar-refractivity contribution in [2.75, 3.05) is 5.32 Å². The van der Waals surface area contributed by atoms with E-state index in [0.717, 1.165) is 41.3 Å². The van der Waals surface area contributed by atoms with Crippen molar-refractivity contribution in [2.24, 2.45) is 5.92 Å². The zero-order valence-electron chi connectivity index (χ0n) is 15.1. The van der Waals surface area contributed by atoms with Gasteiger partial charge >= 0.3 is 0 Å². The number of halogens is 1. The molecule has 138 valence electrons. The summed E-state index contributed by atoms with van der Waals surface area (Å²) in [5, 5.41) is 2.94. The number of amides is 1. The second-order valence-corrected chi connectivity index (χ2v) is 7.93. The molecule has 26 heavy (non-hydrogen) atoms. The van der Waals surface area contributed by atoms with Gasteiger partial charge in [-0.3, -0.25) is 9.59 Å². The zero-order valence-corrected chi connectivity index (χ0v) is 16.7. The lowest BCUT2D eigenvalue weighted by Gasteiger charge is -2.17. The number of carbonyl (C=O) groups is 1. The highest BCUT2D eigenvalue weighted by atomic mass is 79.9. The highest BCUT2D eigenvalue weighted by molar-refractivity contribution is 9.10. The van der Waals surface area contributed by atoms with Crippen molar-refractivity contribution >= 4 is 27.5 Å². The number of carbonyl (C=O) groups excluding carboxylic acids is 1. The lowest BCUT2D eigenvalue weighted by atomic mass is 9.99. The van der Waals surface area contributed by atoms with Crippen LogP contribution in [0.1, 0.15) is 49.7 Å². The maximum atomic E-state index is 13.0. The summed E-state index contributed by atoms with van der Waals surface area (Å²) in [6, 6.07) is 9.85. The fourth-order valence-corrected chi connectivity index (χ4v) is 3.97. The molecule has 0 atom stereocenters. The molecular weight excluding hydrogens is 392 g/mol. The highest BCUT2D eigenvalue weighted by Crippen LogP contribution is 2.26. The van der Waals surface area contributed by atoms with Gasteiger partial charge in [-0.25, -0.2) is 0 Å². The smallest absolute Gasteiger partial charge is 0.274 e. The normalized spacial score (nSPS) is 15.5. The molecule has 1 aliphatic carbocycles. The van der Waals surface area contributed by atoms with Gasteiger partial charge in [-0.1, -0.05) is 56.0 Å². The summed E-state index contributed by atoms with van der Waals surface area (Å²) in [6.07, 6.45) is 8.20. The summed E-state index contributed by atoms with van der Waals surface area (Å²) in [5.41, 5.74) is 2.06. The van der Waals surface area contributed by atoms with Crippen molar-refractivity contribution in [3.63, 3.8) is 0 Å².